The van der Waals surface area contributed by atoms with Crippen LogP contribution in [0.2, 0.25) is 19.6 Å². The number of rotatable bonds is 6. The monoisotopic (exact) mass is 590 g/mol. The second kappa shape index (κ2) is 9.99. The lowest BCUT2D eigenvalue weighted by Crippen LogP contribution is -2.40. The van der Waals surface area contributed by atoms with Gasteiger partial charge >= 0.3 is 11.7 Å². The molecule has 0 saturated carbocycles. The van der Waals surface area contributed by atoms with Crippen LogP contribution in [0, 0.1) is 0 Å². The molecule has 2 N–H and O–H groups in total. The second-order valence-electron chi connectivity index (χ2n) is 8.89. The standard InChI is InChI=1S/C21H25FIN3O6Si/c1-25-8-5-6-13(10-25)20(29)32-15-14(22)19(31-16(15)17(23)27)26-11-12(7-9-33(2,3)4)18(28)24-21(26)30/h5-11,14-17,19,27H,1-4H3/p+1/t14-,15+,16+,17?,19-/m1/s1. The molecule has 5 atom stereocenters. The van der Waals surface area contributed by atoms with Gasteiger partial charge < -0.3 is 14.6 Å². The molecule has 2 aromatic heterocycles. The predicted molar refractivity (Wildman–Crippen MR) is 129 cm³/mol. The van der Waals surface area contributed by atoms with E-state index in [2.05, 4.69) is 24.6 Å². The summed E-state index contributed by atoms with van der Waals surface area (Å²) in [4.78, 5) is 39.4. The summed E-state index contributed by atoms with van der Waals surface area (Å²) in [5, 5.41) is 10.1. The Labute approximate surface area is 204 Å². The van der Waals surface area contributed by atoms with Gasteiger partial charge in [0.05, 0.1) is 13.6 Å². The zero-order chi connectivity index (χ0) is 24.5. The summed E-state index contributed by atoms with van der Waals surface area (Å²) >= 11 is 1.63. The number of aromatic nitrogens is 3. The van der Waals surface area contributed by atoms with Gasteiger partial charge in [-0.1, -0.05) is 31.4 Å². The van der Waals surface area contributed by atoms with Crippen molar-refractivity contribution in [2.24, 2.45) is 7.05 Å². The van der Waals surface area contributed by atoms with E-state index in [0.717, 1.165) is 4.57 Å². The fourth-order valence-electron chi connectivity index (χ4n) is 3.28. The molecule has 0 bridgehead atoms. The Kier molecular flexibility index (Phi) is 7.71. The Hall–Kier alpha value is -2.16. The minimum absolute atomic E-state index is 0.164. The van der Waals surface area contributed by atoms with Gasteiger partial charge in [-0.2, -0.15) is 0 Å². The summed E-state index contributed by atoms with van der Waals surface area (Å²) in [5.74, 6) is -0.794. The van der Waals surface area contributed by atoms with Crippen LogP contribution in [0.15, 0.2) is 46.0 Å². The minimum atomic E-state index is -1.97. The zero-order valence-corrected chi connectivity index (χ0v) is 21.7. The Morgan fingerprint density at radius 2 is 2.12 bits per heavy atom. The van der Waals surface area contributed by atoms with Crippen LogP contribution < -0.4 is 15.8 Å². The number of carbonyl (C=O) groups is 1. The van der Waals surface area contributed by atoms with Crippen molar-refractivity contribution in [2.75, 3.05) is 0 Å². The van der Waals surface area contributed by atoms with Crippen molar-refractivity contribution in [3.63, 3.8) is 0 Å². The number of aryl methyl sites for hydroxylation is 1. The average molecular weight is 590 g/mol. The number of carbonyl (C=O) groups excluding carboxylic acids is 1. The molecule has 12 heteroatoms. The fraction of sp³-hybridized carbons (Fsp3) is 0.429. The molecule has 1 saturated heterocycles. The summed E-state index contributed by atoms with van der Waals surface area (Å²) in [6.07, 6.45) is -0.134. The van der Waals surface area contributed by atoms with E-state index in [9.17, 15) is 19.5 Å². The summed E-state index contributed by atoms with van der Waals surface area (Å²) < 4.78 is 27.8. The Morgan fingerprint density at radius 1 is 1.42 bits per heavy atom. The van der Waals surface area contributed by atoms with Crippen LogP contribution >= 0.6 is 22.6 Å². The van der Waals surface area contributed by atoms with Crippen LogP contribution in [0.5, 0.6) is 0 Å². The van der Waals surface area contributed by atoms with Crippen LogP contribution in [0.1, 0.15) is 22.1 Å². The number of aliphatic hydroxyl groups is 1. The van der Waals surface area contributed by atoms with Gasteiger partial charge in [0.25, 0.3) is 5.56 Å². The summed E-state index contributed by atoms with van der Waals surface area (Å²) in [6.45, 7) is 6.22. The molecule has 3 rings (SSSR count). The second-order valence-corrected chi connectivity index (χ2v) is 15.2. The van der Waals surface area contributed by atoms with Crippen LogP contribution in [-0.2, 0) is 16.5 Å². The highest BCUT2D eigenvalue weighted by Gasteiger charge is 2.51. The van der Waals surface area contributed by atoms with E-state index in [1.807, 2.05) is 5.70 Å². The van der Waals surface area contributed by atoms with Crippen molar-refractivity contribution in [3.8, 4) is 0 Å². The Morgan fingerprint density at radius 3 is 2.73 bits per heavy atom. The third-order valence-electron chi connectivity index (χ3n) is 4.93. The Balaban J connectivity index is 1.93. The van der Waals surface area contributed by atoms with E-state index >= 15 is 4.39 Å². The van der Waals surface area contributed by atoms with E-state index in [0.29, 0.717) is 0 Å². The first-order valence-electron chi connectivity index (χ1n) is 10.2. The maximum Gasteiger partial charge on any atom is 0.344 e. The molecule has 1 aliphatic heterocycles. The lowest BCUT2D eigenvalue weighted by Gasteiger charge is -2.20. The van der Waals surface area contributed by atoms with Crippen LogP contribution in [0.3, 0.4) is 0 Å². The van der Waals surface area contributed by atoms with Crippen molar-refractivity contribution in [1.82, 2.24) is 9.55 Å². The van der Waals surface area contributed by atoms with Crippen molar-refractivity contribution in [1.29, 1.82) is 0 Å². The van der Waals surface area contributed by atoms with Gasteiger partial charge in [-0.25, -0.2) is 18.5 Å². The molecule has 1 unspecified atom stereocenters. The number of nitrogens with one attached hydrogen (secondary N) is 1. The summed E-state index contributed by atoms with van der Waals surface area (Å²) in [6, 6.07) is 3.15. The molecule has 0 aliphatic carbocycles. The normalized spacial score (nSPS) is 24.2. The summed E-state index contributed by atoms with van der Waals surface area (Å²) in [7, 11) is 0.0700. The molecular formula is C21H26FIN3O6Si+. The number of pyridine rings is 1. The number of hydrogen-bond donors (Lipinski definition) is 2. The van der Waals surface area contributed by atoms with E-state index in [1.54, 1.807) is 52.5 Å². The number of ether oxygens (including phenoxy) is 2. The molecule has 1 aliphatic rings. The third kappa shape index (κ3) is 6.05. The third-order valence-corrected chi connectivity index (χ3v) is 6.80. The quantitative estimate of drug-likeness (QED) is 0.173. The van der Waals surface area contributed by atoms with E-state index in [4.69, 9.17) is 9.47 Å². The van der Waals surface area contributed by atoms with Gasteiger partial charge in [-0.15, -0.1) is 0 Å². The topological polar surface area (TPSA) is 114 Å². The number of halogens is 2. The smallest absolute Gasteiger partial charge is 0.344 e. The molecule has 9 nitrogen and oxygen atoms in total. The molecule has 1 fully saturated rings. The first-order chi connectivity index (χ1) is 15.4. The largest absolute Gasteiger partial charge is 0.452 e. The van der Waals surface area contributed by atoms with Gasteiger partial charge in [-0.05, 0) is 28.7 Å². The maximum absolute atomic E-state index is 15.5. The number of alkyl halides is 2. The zero-order valence-electron chi connectivity index (χ0n) is 18.6. The molecule has 2 aromatic rings. The molecule has 33 heavy (non-hydrogen) atoms. The van der Waals surface area contributed by atoms with Crippen molar-refractivity contribution < 1.29 is 28.3 Å². The Bertz CT molecular complexity index is 1180. The average Bonchev–Trinajstić information content (AvgIpc) is 3.03. The highest BCUT2D eigenvalue weighted by atomic mass is 127. The van der Waals surface area contributed by atoms with Gasteiger partial charge in [-0.3, -0.25) is 14.3 Å². The number of hydrogen-bond acceptors (Lipinski definition) is 6. The number of H-pyrrole nitrogens is 1. The number of aromatic amines is 1. The molecule has 178 valence electrons. The molecule has 0 aromatic carbocycles. The number of aliphatic hydroxyl groups excluding tert-OH is 1. The first kappa shape index (κ1) is 25.5. The van der Waals surface area contributed by atoms with Gasteiger partial charge in [0, 0.05) is 12.3 Å². The molecule has 3 heterocycles. The van der Waals surface area contributed by atoms with E-state index < -0.39 is 54.0 Å². The van der Waals surface area contributed by atoms with Crippen molar-refractivity contribution >= 4 is 42.7 Å². The van der Waals surface area contributed by atoms with Crippen molar-refractivity contribution in [3.05, 3.63) is 68.4 Å². The molecule has 0 spiro atoms. The van der Waals surface area contributed by atoms with Crippen LogP contribution in [-0.4, -0.2) is 51.2 Å². The number of nitrogens with zero attached hydrogens (tertiary/aromatic N) is 2. The number of esters is 1. The predicted octanol–water partition coefficient (Wildman–Crippen LogP) is 1.47. The molecule has 0 radical (unpaired) electrons. The van der Waals surface area contributed by atoms with E-state index in [1.165, 1.54) is 18.5 Å². The lowest BCUT2D eigenvalue weighted by molar-refractivity contribution is -0.671. The van der Waals surface area contributed by atoms with Gasteiger partial charge in [0.15, 0.2) is 30.9 Å². The van der Waals surface area contributed by atoms with Gasteiger partial charge in [0.1, 0.15) is 22.8 Å². The van der Waals surface area contributed by atoms with Gasteiger partial charge in [0.2, 0.25) is 0 Å². The highest BCUT2D eigenvalue weighted by Crippen LogP contribution is 2.36. The van der Waals surface area contributed by atoms with Crippen molar-refractivity contribution in [2.45, 2.75) is 48.4 Å². The highest BCUT2D eigenvalue weighted by molar-refractivity contribution is 14.1. The summed E-state index contributed by atoms with van der Waals surface area (Å²) in [5.41, 5.74) is 0.788. The molecular weight excluding hydrogens is 564 g/mol. The fourth-order valence-corrected chi connectivity index (χ4v) is 4.54. The minimum Gasteiger partial charge on any atom is -0.452 e. The lowest BCUT2D eigenvalue weighted by atomic mass is 10.1. The van der Waals surface area contributed by atoms with Crippen LogP contribution in [0.25, 0.3) is 6.08 Å². The van der Waals surface area contributed by atoms with Crippen LogP contribution in [0.4, 0.5) is 4.39 Å². The van der Waals surface area contributed by atoms with E-state index in [-0.39, 0.29) is 11.1 Å². The SMILES string of the molecule is C[n+]1cccc(C(=O)O[C@H]2[C@@H](F)[C@H](n3cc(C=C[Si](C)(C)C)c(=O)[nH]c3=O)O[C@@H]2C(O)I)c1. The first-order valence-corrected chi connectivity index (χ1v) is 15.0. The maximum atomic E-state index is 15.5. The molecule has 0 amide bonds.